The number of rotatable bonds is 7. The van der Waals surface area contributed by atoms with Crippen LogP contribution in [-0.2, 0) is 17.6 Å². The van der Waals surface area contributed by atoms with Gasteiger partial charge in [0.1, 0.15) is 0 Å². The van der Waals surface area contributed by atoms with Gasteiger partial charge in [-0.15, -0.1) is 11.3 Å². The predicted octanol–water partition coefficient (Wildman–Crippen LogP) is 4.73. The fraction of sp³-hybridized carbons (Fsp3) is 0.522. The first-order valence-electron chi connectivity index (χ1n) is 10.2. The summed E-state index contributed by atoms with van der Waals surface area (Å²) in [7, 11) is 0. The van der Waals surface area contributed by atoms with Crippen molar-refractivity contribution < 1.29 is 4.79 Å². The minimum absolute atomic E-state index is 0.143. The van der Waals surface area contributed by atoms with Gasteiger partial charge >= 0.3 is 0 Å². The molecule has 3 rings (SSSR count). The van der Waals surface area contributed by atoms with E-state index in [1.807, 2.05) is 11.3 Å². The molecular weight excluding hydrogens is 352 g/mol. The van der Waals surface area contributed by atoms with Crippen LogP contribution in [0.15, 0.2) is 30.3 Å². The molecule has 0 saturated carbocycles. The van der Waals surface area contributed by atoms with Crippen LogP contribution < -0.4 is 5.32 Å². The summed E-state index contributed by atoms with van der Waals surface area (Å²) < 4.78 is 0. The third-order valence-electron chi connectivity index (χ3n) is 5.47. The van der Waals surface area contributed by atoms with E-state index in [1.165, 1.54) is 26.4 Å². The Kier molecular flexibility index (Phi) is 6.72. The van der Waals surface area contributed by atoms with Crippen molar-refractivity contribution in [2.75, 3.05) is 19.6 Å². The summed E-state index contributed by atoms with van der Waals surface area (Å²) in [5.41, 5.74) is 4.35. The van der Waals surface area contributed by atoms with E-state index in [0.29, 0.717) is 12.5 Å². The molecule has 27 heavy (non-hydrogen) atoms. The van der Waals surface area contributed by atoms with Crippen molar-refractivity contribution >= 4 is 17.2 Å². The summed E-state index contributed by atoms with van der Waals surface area (Å²) in [5, 5.41) is 3.11. The average molecular weight is 385 g/mol. The largest absolute Gasteiger partial charge is 0.355 e. The summed E-state index contributed by atoms with van der Waals surface area (Å²) in [6, 6.07) is 10.9. The van der Waals surface area contributed by atoms with E-state index in [1.54, 1.807) is 0 Å². The Morgan fingerprint density at radius 1 is 1.30 bits per heavy atom. The molecular formula is C23H32N2OS. The zero-order valence-corrected chi connectivity index (χ0v) is 17.9. The van der Waals surface area contributed by atoms with Crippen molar-refractivity contribution in [1.29, 1.82) is 0 Å². The minimum Gasteiger partial charge on any atom is -0.355 e. The molecule has 1 amide bonds. The summed E-state index contributed by atoms with van der Waals surface area (Å²) in [6.45, 7) is 11.0. The van der Waals surface area contributed by atoms with E-state index < -0.39 is 0 Å². The predicted molar refractivity (Wildman–Crippen MR) is 114 cm³/mol. The van der Waals surface area contributed by atoms with Gasteiger partial charge in [-0.1, -0.05) is 51.1 Å². The molecule has 1 aromatic heterocycles. The normalized spacial score (nSPS) is 17.1. The lowest BCUT2D eigenvalue weighted by molar-refractivity contribution is -0.122. The third-order valence-corrected chi connectivity index (χ3v) is 6.71. The van der Waals surface area contributed by atoms with Gasteiger partial charge in [-0.25, -0.2) is 0 Å². The highest BCUT2D eigenvalue weighted by molar-refractivity contribution is 7.12. The fourth-order valence-corrected chi connectivity index (χ4v) is 5.53. The monoisotopic (exact) mass is 384 g/mol. The fourth-order valence-electron chi connectivity index (χ4n) is 4.07. The second-order valence-electron chi connectivity index (χ2n) is 7.90. The molecule has 0 radical (unpaired) electrons. The molecule has 2 heterocycles. The van der Waals surface area contributed by atoms with Crippen LogP contribution in [0.3, 0.4) is 0 Å². The van der Waals surface area contributed by atoms with Crippen molar-refractivity contribution in [3.05, 3.63) is 56.8 Å². The van der Waals surface area contributed by atoms with E-state index in [9.17, 15) is 4.79 Å². The summed E-state index contributed by atoms with van der Waals surface area (Å²) in [5.74, 6) is 0.755. The number of aryl methyl sites for hydroxylation is 1. The van der Waals surface area contributed by atoms with E-state index in [0.717, 1.165) is 32.4 Å². The van der Waals surface area contributed by atoms with Crippen molar-refractivity contribution in [3.8, 4) is 0 Å². The van der Waals surface area contributed by atoms with Crippen molar-refractivity contribution in [2.45, 2.75) is 53.0 Å². The van der Waals surface area contributed by atoms with Crippen LogP contribution in [0.25, 0.3) is 0 Å². The van der Waals surface area contributed by atoms with Crippen LogP contribution in [-0.4, -0.2) is 30.4 Å². The molecule has 1 N–H and O–H groups in total. The van der Waals surface area contributed by atoms with E-state index >= 15 is 0 Å². The number of hydrogen-bond donors (Lipinski definition) is 1. The SMILES string of the molecule is CCc1c(C)sc2c1CCN(CC(=O)NCCC(C)C)[C@@H]2c1ccccc1. The quantitative estimate of drug-likeness (QED) is 0.748. The lowest BCUT2D eigenvalue weighted by Crippen LogP contribution is -2.43. The molecule has 0 aliphatic carbocycles. The second kappa shape index (κ2) is 9.03. The molecule has 1 atom stereocenters. The van der Waals surface area contributed by atoms with Gasteiger partial charge in [-0.05, 0) is 48.8 Å². The van der Waals surface area contributed by atoms with Gasteiger partial charge in [0, 0.05) is 22.8 Å². The molecule has 0 fully saturated rings. The zero-order valence-electron chi connectivity index (χ0n) is 17.0. The highest BCUT2D eigenvalue weighted by Crippen LogP contribution is 2.42. The number of benzene rings is 1. The number of hydrogen-bond acceptors (Lipinski definition) is 3. The van der Waals surface area contributed by atoms with Crippen LogP contribution >= 0.6 is 11.3 Å². The van der Waals surface area contributed by atoms with Gasteiger partial charge in [0.15, 0.2) is 0 Å². The molecule has 1 aliphatic rings. The average Bonchev–Trinajstić information content (AvgIpc) is 2.96. The van der Waals surface area contributed by atoms with Gasteiger partial charge in [-0.2, -0.15) is 0 Å². The molecule has 1 aliphatic heterocycles. The molecule has 0 saturated heterocycles. The Balaban J connectivity index is 1.84. The molecule has 0 bridgehead atoms. The third kappa shape index (κ3) is 4.61. The number of carbonyl (C=O) groups is 1. The first-order valence-corrected chi connectivity index (χ1v) is 11.0. The number of carbonyl (C=O) groups excluding carboxylic acids is 1. The smallest absolute Gasteiger partial charge is 0.234 e. The molecule has 4 heteroatoms. The second-order valence-corrected chi connectivity index (χ2v) is 9.16. The Morgan fingerprint density at radius 2 is 2.04 bits per heavy atom. The summed E-state index contributed by atoms with van der Waals surface area (Å²) >= 11 is 1.92. The van der Waals surface area contributed by atoms with Crippen molar-refractivity contribution in [2.24, 2.45) is 5.92 Å². The van der Waals surface area contributed by atoms with Gasteiger partial charge in [0.05, 0.1) is 12.6 Å². The lowest BCUT2D eigenvalue weighted by Gasteiger charge is -2.36. The van der Waals surface area contributed by atoms with Gasteiger partial charge in [0.2, 0.25) is 5.91 Å². The van der Waals surface area contributed by atoms with Crippen LogP contribution in [0.4, 0.5) is 0 Å². The van der Waals surface area contributed by atoms with Crippen LogP contribution in [0.1, 0.15) is 59.7 Å². The first kappa shape index (κ1) is 20.1. The van der Waals surface area contributed by atoms with Crippen LogP contribution in [0.5, 0.6) is 0 Å². The highest BCUT2D eigenvalue weighted by atomic mass is 32.1. The first-order chi connectivity index (χ1) is 13.0. The standard InChI is InChI=1S/C23H32N2OS/c1-5-19-17(4)27-23-20(19)12-14-25(15-21(26)24-13-11-16(2)3)22(23)18-9-7-6-8-10-18/h6-10,16,22H,5,11-15H2,1-4H3,(H,24,26)/t22-/m1/s1. The van der Waals surface area contributed by atoms with Crippen molar-refractivity contribution in [1.82, 2.24) is 10.2 Å². The molecule has 3 nitrogen and oxygen atoms in total. The molecule has 2 aromatic rings. The number of thiophene rings is 1. The zero-order chi connectivity index (χ0) is 19.4. The lowest BCUT2D eigenvalue weighted by atomic mass is 9.91. The molecule has 0 unspecified atom stereocenters. The van der Waals surface area contributed by atoms with Crippen LogP contribution in [0.2, 0.25) is 0 Å². The maximum atomic E-state index is 12.6. The summed E-state index contributed by atoms with van der Waals surface area (Å²) in [6.07, 6.45) is 3.17. The molecule has 1 aromatic carbocycles. The van der Waals surface area contributed by atoms with Gasteiger partial charge in [-0.3, -0.25) is 9.69 Å². The van der Waals surface area contributed by atoms with Crippen LogP contribution in [0, 0.1) is 12.8 Å². The van der Waals surface area contributed by atoms with E-state index in [-0.39, 0.29) is 11.9 Å². The molecule has 0 spiro atoms. The Labute approximate surface area is 167 Å². The minimum atomic E-state index is 0.143. The maximum Gasteiger partial charge on any atom is 0.234 e. The Morgan fingerprint density at radius 3 is 2.70 bits per heavy atom. The van der Waals surface area contributed by atoms with E-state index in [4.69, 9.17) is 0 Å². The van der Waals surface area contributed by atoms with E-state index in [2.05, 4.69) is 68.2 Å². The topological polar surface area (TPSA) is 32.3 Å². The number of nitrogens with one attached hydrogen (secondary N) is 1. The number of fused-ring (bicyclic) bond motifs is 1. The maximum absolute atomic E-state index is 12.6. The van der Waals surface area contributed by atoms with Gasteiger partial charge in [0.25, 0.3) is 0 Å². The number of amides is 1. The highest BCUT2D eigenvalue weighted by Gasteiger charge is 2.33. The van der Waals surface area contributed by atoms with Crippen molar-refractivity contribution in [3.63, 3.8) is 0 Å². The number of nitrogens with zero attached hydrogens (tertiary/aromatic N) is 1. The Bertz CT molecular complexity index is 766. The Hall–Kier alpha value is -1.65. The summed E-state index contributed by atoms with van der Waals surface area (Å²) in [4.78, 5) is 17.8. The van der Waals surface area contributed by atoms with Gasteiger partial charge < -0.3 is 5.32 Å². The molecule has 146 valence electrons.